The summed E-state index contributed by atoms with van der Waals surface area (Å²) in [6.45, 7) is 3.38. The van der Waals surface area contributed by atoms with Crippen molar-refractivity contribution in [2.45, 2.75) is 31.2 Å². The van der Waals surface area contributed by atoms with Crippen LogP contribution in [0.25, 0.3) is 5.76 Å². The number of hydrogen-bond donors (Lipinski definition) is 0. The summed E-state index contributed by atoms with van der Waals surface area (Å²) in [5.74, 6) is -2.60. The normalized spacial score (nSPS) is 16.7. The lowest BCUT2D eigenvalue weighted by molar-refractivity contribution is -0.0509. The number of carbonyl (C=O) groups excluding carboxylic acids is 1. The van der Waals surface area contributed by atoms with Crippen LogP contribution in [0.3, 0.4) is 0 Å². The fourth-order valence-electron chi connectivity index (χ4n) is 2.42. The molecule has 0 N–H and O–H groups in total. The number of methoxy groups -OCH3 is 1. The number of halogens is 4. The first kappa shape index (κ1) is 19.2. The van der Waals surface area contributed by atoms with Crippen molar-refractivity contribution in [3.8, 4) is 0 Å². The molecule has 10 heteroatoms. The molecule has 0 unspecified atom stereocenters. The van der Waals surface area contributed by atoms with Crippen LogP contribution < -0.4 is 0 Å². The largest absolute Gasteiger partial charge is 0.534 e. The molecule has 1 aliphatic carbocycles. The fourth-order valence-corrected chi connectivity index (χ4v) is 2.90. The molecule has 0 aliphatic heterocycles. The van der Waals surface area contributed by atoms with E-state index in [0.29, 0.717) is 0 Å². The molecule has 0 saturated carbocycles. The van der Waals surface area contributed by atoms with Gasteiger partial charge in [0.1, 0.15) is 11.6 Å². The van der Waals surface area contributed by atoms with Crippen LogP contribution in [-0.4, -0.2) is 27.0 Å². The predicted octanol–water partition coefficient (Wildman–Crippen LogP) is 3.50. The number of allylic oxidation sites excluding steroid dienone is 1. The average Bonchev–Trinajstić information content (AvgIpc) is 2.48. The standard InChI is InChI=1S/C15H14F4O5S/c1-14(2)5-4-12(24-25(21,22)15(17,18)19)8-6-9(13(20)23-3)11(16)7-10(8)14/h4,6-7H,5H2,1-3H3. The van der Waals surface area contributed by atoms with E-state index in [1.54, 1.807) is 13.8 Å². The minimum atomic E-state index is -5.90. The number of esters is 1. The Morgan fingerprint density at radius 2 is 1.84 bits per heavy atom. The molecular formula is C15H14F4O5S. The predicted molar refractivity (Wildman–Crippen MR) is 79.4 cm³/mol. The van der Waals surface area contributed by atoms with Gasteiger partial charge in [-0.3, -0.25) is 0 Å². The molecule has 25 heavy (non-hydrogen) atoms. The van der Waals surface area contributed by atoms with E-state index in [2.05, 4.69) is 8.92 Å². The maximum absolute atomic E-state index is 14.2. The van der Waals surface area contributed by atoms with E-state index in [4.69, 9.17) is 0 Å². The van der Waals surface area contributed by atoms with Gasteiger partial charge in [0, 0.05) is 5.56 Å². The summed E-state index contributed by atoms with van der Waals surface area (Å²) in [5.41, 5.74) is -6.78. The second-order valence-corrected chi connectivity index (χ2v) is 7.55. The SMILES string of the molecule is COC(=O)c1cc2c(cc1F)C(C)(C)CC=C2OS(=O)(=O)C(F)(F)F. The zero-order valence-corrected chi connectivity index (χ0v) is 14.2. The number of ether oxygens (including phenoxy) is 1. The molecule has 0 saturated heterocycles. The molecule has 2 rings (SSSR count). The molecule has 1 aromatic carbocycles. The van der Waals surface area contributed by atoms with Gasteiger partial charge in [0.05, 0.1) is 12.7 Å². The molecule has 0 radical (unpaired) electrons. The highest BCUT2D eigenvalue weighted by Crippen LogP contribution is 2.42. The van der Waals surface area contributed by atoms with E-state index in [9.17, 15) is 30.8 Å². The summed E-state index contributed by atoms with van der Waals surface area (Å²) in [4.78, 5) is 11.6. The Kier molecular flexibility index (Phi) is 4.62. The van der Waals surface area contributed by atoms with Gasteiger partial charge < -0.3 is 8.92 Å². The number of fused-ring (bicyclic) bond motifs is 1. The van der Waals surface area contributed by atoms with Crippen LogP contribution >= 0.6 is 0 Å². The van der Waals surface area contributed by atoms with Crippen molar-refractivity contribution in [3.63, 3.8) is 0 Å². The van der Waals surface area contributed by atoms with Gasteiger partial charge in [-0.2, -0.15) is 21.6 Å². The summed E-state index contributed by atoms with van der Waals surface area (Å²) in [7, 11) is -4.90. The summed E-state index contributed by atoms with van der Waals surface area (Å²) in [5, 5.41) is 0. The smallest absolute Gasteiger partial charge is 0.465 e. The maximum atomic E-state index is 14.2. The summed E-state index contributed by atoms with van der Waals surface area (Å²) >= 11 is 0. The molecule has 1 aliphatic rings. The minimum Gasteiger partial charge on any atom is -0.465 e. The van der Waals surface area contributed by atoms with Crippen LogP contribution in [0.5, 0.6) is 0 Å². The number of carbonyl (C=O) groups is 1. The van der Waals surface area contributed by atoms with Gasteiger partial charge in [-0.15, -0.1) is 0 Å². The van der Waals surface area contributed by atoms with E-state index >= 15 is 0 Å². The van der Waals surface area contributed by atoms with Crippen LogP contribution in [0.15, 0.2) is 18.2 Å². The highest BCUT2D eigenvalue weighted by molar-refractivity contribution is 7.87. The molecular weight excluding hydrogens is 368 g/mol. The first-order valence-electron chi connectivity index (χ1n) is 6.94. The molecule has 0 aromatic heterocycles. The Morgan fingerprint density at radius 3 is 2.36 bits per heavy atom. The van der Waals surface area contributed by atoms with E-state index in [1.165, 1.54) is 0 Å². The third-order valence-corrected chi connectivity index (χ3v) is 4.75. The third-order valence-electron chi connectivity index (χ3n) is 3.79. The van der Waals surface area contributed by atoms with Crippen LogP contribution in [0.2, 0.25) is 0 Å². The fraction of sp³-hybridized carbons (Fsp3) is 0.400. The molecule has 0 fully saturated rings. The topological polar surface area (TPSA) is 69.7 Å². The molecule has 138 valence electrons. The Hall–Kier alpha value is -2.10. The zero-order valence-electron chi connectivity index (χ0n) is 13.4. The van der Waals surface area contributed by atoms with E-state index < -0.39 is 44.2 Å². The van der Waals surface area contributed by atoms with Crippen molar-refractivity contribution >= 4 is 21.8 Å². The minimum absolute atomic E-state index is 0.111. The quantitative estimate of drug-likeness (QED) is 0.346. The molecule has 1 aromatic rings. The van der Waals surface area contributed by atoms with Gasteiger partial charge in [0.15, 0.2) is 0 Å². The molecule has 0 atom stereocenters. The van der Waals surface area contributed by atoms with E-state index in [1.807, 2.05) is 0 Å². The lowest BCUT2D eigenvalue weighted by atomic mass is 9.75. The van der Waals surface area contributed by atoms with Crippen LogP contribution in [0.4, 0.5) is 17.6 Å². The van der Waals surface area contributed by atoms with E-state index in [-0.39, 0.29) is 17.5 Å². The highest BCUT2D eigenvalue weighted by Gasteiger charge is 2.49. The van der Waals surface area contributed by atoms with Crippen molar-refractivity contribution < 1.29 is 39.7 Å². The Balaban J connectivity index is 2.62. The van der Waals surface area contributed by atoms with Gasteiger partial charge in [-0.25, -0.2) is 9.18 Å². The van der Waals surface area contributed by atoms with Crippen molar-refractivity contribution in [2.24, 2.45) is 0 Å². The second kappa shape index (κ2) is 6.01. The van der Waals surface area contributed by atoms with Crippen molar-refractivity contribution in [1.82, 2.24) is 0 Å². The lowest BCUT2D eigenvalue weighted by Crippen LogP contribution is -2.28. The van der Waals surface area contributed by atoms with Crippen LogP contribution in [0.1, 0.15) is 41.8 Å². The van der Waals surface area contributed by atoms with E-state index in [0.717, 1.165) is 25.3 Å². The Morgan fingerprint density at radius 1 is 1.24 bits per heavy atom. The van der Waals surface area contributed by atoms with Gasteiger partial charge in [0.25, 0.3) is 0 Å². The second-order valence-electron chi connectivity index (χ2n) is 6.01. The number of alkyl halides is 3. The van der Waals surface area contributed by atoms with Crippen molar-refractivity contribution in [1.29, 1.82) is 0 Å². The summed E-state index contributed by atoms with van der Waals surface area (Å²) in [6.07, 6.45) is 1.27. The van der Waals surface area contributed by atoms with Crippen LogP contribution in [-0.2, 0) is 24.5 Å². The molecule has 0 amide bonds. The number of hydrogen-bond acceptors (Lipinski definition) is 5. The van der Waals surface area contributed by atoms with Crippen molar-refractivity contribution in [2.75, 3.05) is 7.11 Å². The van der Waals surface area contributed by atoms with Crippen molar-refractivity contribution in [3.05, 3.63) is 40.7 Å². The number of rotatable bonds is 3. The first-order valence-corrected chi connectivity index (χ1v) is 8.34. The zero-order chi connectivity index (χ0) is 19.2. The average molecular weight is 382 g/mol. The first-order chi connectivity index (χ1) is 11.3. The Bertz CT molecular complexity index is 853. The van der Waals surface area contributed by atoms with Crippen LogP contribution in [0, 0.1) is 5.82 Å². The highest BCUT2D eigenvalue weighted by atomic mass is 32.2. The van der Waals surface area contributed by atoms with Gasteiger partial charge >= 0.3 is 21.6 Å². The Labute approximate surface area is 141 Å². The summed E-state index contributed by atoms with van der Waals surface area (Å²) < 4.78 is 83.0. The van der Waals surface area contributed by atoms with Gasteiger partial charge in [-0.1, -0.05) is 13.8 Å². The molecule has 0 bridgehead atoms. The molecule has 5 nitrogen and oxygen atoms in total. The molecule has 0 spiro atoms. The van der Waals surface area contributed by atoms with Gasteiger partial charge in [0.2, 0.25) is 0 Å². The summed E-state index contributed by atoms with van der Waals surface area (Å²) in [6, 6.07) is 1.90. The third kappa shape index (κ3) is 3.48. The monoisotopic (exact) mass is 382 g/mol. The lowest BCUT2D eigenvalue weighted by Gasteiger charge is -2.31. The van der Waals surface area contributed by atoms with Gasteiger partial charge in [-0.05, 0) is 35.6 Å². The number of benzene rings is 1. The molecule has 0 heterocycles. The maximum Gasteiger partial charge on any atom is 0.534 e.